The summed E-state index contributed by atoms with van der Waals surface area (Å²) in [7, 11) is 1.64. The predicted molar refractivity (Wildman–Crippen MR) is 83.6 cm³/mol. The van der Waals surface area contributed by atoms with Gasteiger partial charge >= 0.3 is 5.97 Å². The molecule has 1 aliphatic carbocycles. The minimum atomic E-state index is -0.671. The van der Waals surface area contributed by atoms with Crippen LogP contribution in [-0.4, -0.2) is 25.2 Å². The number of carbonyl (C=O) groups excluding carboxylic acids is 1. The van der Waals surface area contributed by atoms with Crippen LogP contribution in [0.3, 0.4) is 0 Å². The van der Waals surface area contributed by atoms with E-state index in [2.05, 4.69) is 19.2 Å². The molecule has 1 unspecified atom stereocenters. The van der Waals surface area contributed by atoms with Gasteiger partial charge in [-0.15, -0.1) is 0 Å². The van der Waals surface area contributed by atoms with E-state index in [1.807, 2.05) is 31.2 Å². The third kappa shape index (κ3) is 2.85. The van der Waals surface area contributed by atoms with E-state index in [1.165, 1.54) is 0 Å². The lowest BCUT2D eigenvalue weighted by Crippen LogP contribution is -2.54. The first-order valence-electron chi connectivity index (χ1n) is 7.54. The van der Waals surface area contributed by atoms with Crippen LogP contribution in [0.5, 0.6) is 5.75 Å². The summed E-state index contributed by atoms with van der Waals surface area (Å²) < 4.78 is 10.6. The Morgan fingerprint density at radius 3 is 2.67 bits per heavy atom. The molecular formula is C17H25NO3. The predicted octanol–water partition coefficient (Wildman–Crippen LogP) is 3.62. The van der Waals surface area contributed by atoms with Gasteiger partial charge in [0.25, 0.3) is 0 Å². The smallest absolute Gasteiger partial charge is 0.332 e. The summed E-state index contributed by atoms with van der Waals surface area (Å²) in [6.45, 7) is 6.50. The van der Waals surface area contributed by atoms with Gasteiger partial charge in [0.15, 0.2) is 0 Å². The van der Waals surface area contributed by atoms with Crippen LogP contribution >= 0.6 is 0 Å². The van der Waals surface area contributed by atoms with Gasteiger partial charge in [-0.05, 0) is 43.7 Å². The zero-order valence-corrected chi connectivity index (χ0v) is 13.4. The molecule has 1 saturated carbocycles. The standard InChI is InChI=1S/C17H25NO3/c1-5-21-15(19)17(11-7-10-16(17,2)3)18-13-8-6-9-14(12-13)20-4/h6,8-9,12,18H,5,7,10-11H2,1-4H3. The lowest BCUT2D eigenvalue weighted by atomic mass is 9.74. The molecule has 0 aromatic heterocycles. The molecule has 0 heterocycles. The van der Waals surface area contributed by atoms with Gasteiger partial charge < -0.3 is 14.8 Å². The Labute approximate surface area is 126 Å². The molecule has 2 rings (SSSR count). The zero-order chi connectivity index (χ0) is 15.5. The average molecular weight is 291 g/mol. The van der Waals surface area contributed by atoms with Crippen molar-refractivity contribution in [3.05, 3.63) is 24.3 Å². The lowest BCUT2D eigenvalue weighted by molar-refractivity contribution is -0.151. The fourth-order valence-electron chi connectivity index (χ4n) is 3.21. The number of hydrogen-bond acceptors (Lipinski definition) is 4. The van der Waals surface area contributed by atoms with Gasteiger partial charge in [0.2, 0.25) is 0 Å². The van der Waals surface area contributed by atoms with Gasteiger partial charge in [-0.25, -0.2) is 4.79 Å². The topological polar surface area (TPSA) is 47.6 Å². The van der Waals surface area contributed by atoms with Crippen molar-refractivity contribution in [1.82, 2.24) is 0 Å². The molecule has 1 aromatic carbocycles. The summed E-state index contributed by atoms with van der Waals surface area (Å²) in [6.07, 6.45) is 2.81. The Morgan fingerprint density at radius 2 is 2.10 bits per heavy atom. The quantitative estimate of drug-likeness (QED) is 0.842. The molecule has 4 nitrogen and oxygen atoms in total. The third-order valence-electron chi connectivity index (χ3n) is 4.56. The maximum Gasteiger partial charge on any atom is 0.332 e. The molecule has 0 bridgehead atoms. The molecule has 116 valence electrons. The second-order valence-corrected chi connectivity index (χ2v) is 6.22. The summed E-state index contributed by atoms with van der Waals surface area (Å²) in [4.78, 5) is 12.6. The number of methoxy groups -OCH3 is 1. The maximum atomic E-state index is 12.6. The summed E-state index contributed by atoms with van der Waals surface area (Å²) in [6, 6.07) is 7.68. The number of rotatable bonds is 5. The fraction of sp³-hybridized carbons (Fsp3) is 0.588. The molecule has 1 N–H and O–H groups in total. The normalized spacial score (nSPS) is 23.6. The van der Waals surface area contributed by atoms with Crippen LogP contribution in [0, 0.1) is 5.41 Å². The molecule has 1 atom stereocenters. The minimum Gasteiger partial charge on any atom is -0.497 e. The van der Waals surface area contributed by atoms with Gasteiger partial charge in [-0.2, -0.15) is 0 Å². The first-order chi connectivity index (χ1) is 9.95. The second-order valence-electron chi connectivity index (χ2n) is 6.22. The van der Waals surface area contributed by atoms with Crippen LogP contribution in [0.15, 0.2) is 24.3 Å². The SMILES string of the molecule is CCOC(=O)C1(Nc2cccc(OC)c2)CCCC1(C)C. The molecule has 0 aliphatic heterocycles. The third-order valence-corrected chi connectivity index (χ3v) is 4.56. The van der Waals surface area contributed by atoms with Crippen LogP contribution in [0.2, 0.25) is 0 Å². The molecule has 0 amide bonds. The van der Waals surface area contributed by atoms with Crippen LogP contribution in [-0.2, 0) is 9.53 Å². The molecule has 1 aromatic rings. The van der Waals surface area contributed by atoms with Gasteiger partial charge in [-0.1, -0.05) is 19.9 Å². The number of anilines is 1. The molecule has 0 saturated heterocycles. The first-order valence-corrected chi connectivity index (χ1v) is 7.54. The molecule has 4 heteroatoms. The van der Waals surface area contributed by atoms with E-state index in [9.17, 15) is 4.79 Å². The fourth-order valence-corrected chi connectivity index (χ4v) is 3.21. The Hall–Kier alpha value is -1.71. The Kier molecular flexibility index (Phi) is 4.45. The van der Waals surface area contributed by atoms with Crippen molar-refractivity contribution in [3.63, 3.8) is 0 Å². The highest BCUT2D eigenvalue weighted by atomic mass is 16.5. The van der Waals surface area contributed by atoms with E-state index in [0.29, 0.717) is 6.61 Å². The Balaban J connectivity index is 2.34. The molecule has 1 fully saturated rings. The Bertz CT molecular complexity index is 513. The van der Waals surface area contributed by atoms with Crippen molar-refractivity contribution in [2.75, 3.05) is 19.0 Å². The number of hydrogen-bond donors (Lipinski definition) is 1. The van der Waals surface area contributed by atoms with E-state index in [4.69, 9.17) is 9.47 Å². The van der Waals surface area contributed by atoms with Gasteiger partial charge in [0, 0.05) is 11.8 Å². The van der Waals surface area contributed by atoms with E-state index in [1.54, 1.807) is 7.11 Å². The lowest BCUT2D eigenvalue weighted by Gasteiger charge is -2.40. The van der Waals surface area contributed by atoms with Crippen molar-refractivity contribution in [2.24, 2.45) is 5.41 Å². The van der Waals surface area contributed by atoms with Crippen molar-refractivity contribution in [1.29, 1.82) is 0 Å². The van der Waals surface area contributed by atoms with Crippen molar-refractivity contribution in [2.45, 2.75) is 45.6 Å². The zero-order valence-electron chi connectivity index (χ0n) is 13.4. The van der Waals surface area contributed by atoms with Crippen LogP contribution < -0.4 is 10.1 Å². The highest BCUT2D eigenvalue weighted by Gasteiger charge is 2.55. The van der Waals surface area contributed by atoms with Crippen LogP contribution in [0.1, 0.15) is 40.0 Å². The van der Waals surface area contributed by atoms with E-state index in [-0.39, 0.29) is 11.4 Å². The molecule has 1 aliphatic rings. The highest BCUT2D eigenvalue weighted by molar-refractivity contribution is 5.86. The summed E-state index contributed by atoms with van der Waals surface area (Å²) in [5.74, 6) is 0.616. The van der Waals surface area contributed by atoms with Gasteiger partial charge in [0.05, 0.1) is 13.7 Å². The molecular weight excluding hydrogens is 266 g/mol. The van der Waals surface area contributed by atoms with Crippen molar-refractivity contribution >= 4 is 11.7 Å². The monoisotopic (exact) mass is 291 g/mol. The van der Waals surface area contributed by atoms with Crippen molar-refractivity contribution < 1.29 is 14.3 Å². The largest absolute Gasteiger partial charge is 0.497 e. The van der Waals surface area contributed by atoms with E-state index < -0.39 is 5.54 Å². The molecule has 0 radical (unpaired) electrons. The number of carbonyl (C=O) groups is 1. The number of esters is 1. The average Bonchev–Trinajstić information content (AvgIpc) is 2.75. The second kappa shape index (κ2) is 5.96. The maximum absolute atomic E-state index is 12.6. The van der Waals surface area contributed by atoms with Gasteiger partial charge in [0.1, 0.15) is 11.3 Å². The van der Waals surface area contributed by atoms with E-state index >= 15 is 0 Å². The summed E-state index contributed by atoms with van der Waals surface area (Å²) in [5, 5.41) is 3.45. The number of nitrogens with one attached hydrogen (secondary N) is 1. The first kappa shape index (κ1) is 15.7. The number of ether oxygens (including phenoxy) is 2. The Morgan fingerprint density at radius 1 is 1.33 bits per heavy atom. The molecule has 0 spiro atoms. The van der Waals surface area contributed by atoms with Crippen LogP contribution in [0.25, 0.3) is 0 Å². The van der Waals surface area contributed by atoms with E-state index in [0.717, 1.165) is 30.7 Å². The minimum absolute atomic E-state index is 0.150. The van der Waals surface area contributed by atoms with Crippen LogP contribution in [0.4, 0.5) is 5.69 Å². The molecule has 21 heavy (non-hydrogen) atoms. The van der Waals surface area contributed by atoms with Gasteiger partial charge in [-0.3, -0.25) is 0 Å². The number of benzene rings is 1. The van der Waals surface area contributed by atoms with Crippen molar-refractivity contribution in [3.8, 4) is 5.75 Å². The summed E-state index contributed by atoms with van der Waals surface area (Å²) >= 11 is 0. The summed E-state index contributed by atoms with van der Waals surface area (Å²) in [5.41, 5.74) is 0.0647. The highest BCUT2D eigenvalue weighted by Crippen LogP contribution is 2.48.